The fourth-order valence-electron chi connectivity index (χ4n) is 7.90. The Morgan fingerprint density at radius 2 is 1.82 bits per heavy atom. The number of piperidine rings is 1. The Bertz CT molecular complexity index is 1960. The number of carbonyl (C=O) groups is 1. The number of H-pyrrole nitrogens is 1. The molecule has 2 aromatic carbocycles. The van der Waals surface area contributed by atoms with E-state index < -0.39 is 12.8 Å². The fraction of sp³-hybridized carbons (Fsp3) is 0.444. The first-order valence-electron chi connectivity index (χ1n) is 16.9. The molecule has 1 N–H and O–H groups in total. The Balaban J connectivity index is 1.27. The summed E-state index contributed by atoms with van der Waals surface area (Å²) in [5.74, 6) is 1.16. The van der Waals surface area contributed by atoms with Crippen molar-refractivity contribution in [1.82, 2.24) is 30.0 Å². The van der Waals surface area contributed by atoms with Gasteiger partial charge in [-0.25, -0.2) is 4.98 Å². The van der Waals surface area contributed by atoms with Crippen LogP contribution in [-0.2, 0) is 4.79 Å². The largest absolute Gasteiger partial charge is 0.481 e. The van der Waals surface area contributed by atoms with E-state index in [4.69, 9.17) is 14.7 Å². The van der Waals surface area contributed by atoms with Gasteiger partial charge in [-0.1, -0.05) is 25.3 Å². The molecule has 10 nitrogen and oxygen atoms in total. The van der Waals surface area contributed by atoms with Crippen molar-refractivity contribution in [1.29, 1.82) is 0 Å². The standard InChI is InChI=1S/C36H39F3N8O2/c1-4-23-15-25-31(32(49-21-36(37,38)39)30(23)29-22(3)7-8-27-26(29)16-40-43-27)41-34(46-17-24(18-46)44-11-6-12-44)42-33(25)45-13-9-35(10-14-45)19-47(20-35)28(48)5-2/h4-5,7-8,15-16,24H,1-2,6,9-14,17-21H2,3H3,(H,40,43). The van der Waals surface area contributed by atoms with Crippen LogP contribution < -0.4 is 14.5 Å². The Morgan fingerprint density at radius 1 is 1.06 bits per heavy atom. The molecule has 0 atom stereocenters. The zero-order valence-electron chi connectivity index (χ0n) is 27.5. The monoisotopic (exact) mass is 672 g/mol. The number of rotatable bonds is 8. The third kappa shape index (κ3) is 5.48. The van der Waals surface area contributed by atoms with Crippen LogP contribution in [0.4, 0.5) is 24.9 Å². The molecule has 0 saturated carbocycles. The number of aromatic amines is 1. The quantitative estimate of drug-likeness (QED) is 0.243. The first kappa shape index (κ1) is 31.6. The number of halogens is 3. The van der Waals surface area contributed by atoms with Crippen molar-refractivity contribution in [3.05, 3.63) is 54.8 Å². The fourth-order valence-corrected chi connectivity index (χ4v) is 7.90. The lowest BCUT2D eigenvalue weighted by Crippen LogP contribution is -2.63. The summed E-state index contributed by atoms with van der Waals surface area (Å²) < 4.78 is 47.6. The van der Waals surface area contributed by atoms with Crippen LogP contribution >= 0.6 is 0 Å². The molecule has 4 saturated heterocycles. The van der Waals surface area contributed by atoms with Gasteiger partial charge in [-0.05, 0) is 74.2 Å². The average Bonchev–Trinajstić information content (AvgIpc) is 3.50. The molecule has 0 radical (unpaired) electrons. The maximum atomic E-state index is 13.9. The lowest BCUT2D eigenvalue weighted by molar-refractivity contribution is -0.153. The van der Waals surface area contributed by atoms with E-state index in [2.05, 4.69) is 38.1 Å². The summed E-state index contributed by atoms with van der Waals surface area (Å²) in [7, 11) is 0. The van der Waals surface area contributed by atoms with Gasteiger partial charge in [-0.3, -0.25) is 14.8 Å². The predicted octanol–water partition coefficient (Wildman–Crippen LogP) is 5.57. The molecule has 6 heterocycles. The number of anilines is 2. The molecule has 0 bridgehead atoms. The van der Waals surface area contributed by atoms with E-state index in [1.54, 1.807) is 12.3 Å². The van der Waals surface area contributed by atoms with Crippen molar-refractivity contribution in [2.24, 2.45) is 5.41 Å². The lowest BCUT2D eigenvalue weighted by Gasteiger charge is -2.54. The van der Waals surface area contributed by atoms with E-state index in [0.717, 1.165) is 55.5 Å². The van der Waals surface area contributed by atoms with Crippen LogP contribution in [-0.4, -0.2) is 107 Å². The number of nitrogens with zero attached hydrogens (tertiary/aromatic N) is 7. The zero-order chi connectivity index (χ0) is 34.1. The van der Waals surface area contributed by atoms with Gasteiger partial charge in [0, 0.05) is 67.1 Å². The molecule has 4 aliphatic heterocycles. The number of ether oxygens (including phenoxy) is 1. The van der Waals surface area contributed by atoms with Gasteiger partial charge < -0.3 is 19.4 Å². The number of benzene rings is 2. The minimum Gasteiger partial charge on any atom is -0.481 e. The number of carbonyl (C=O) groups excluding carboxylic acids is 1. The van der Waals surface area contributed by atoms with Crippen molar-refractivity contribution in [3.63, 3.8) is 0 Å². The summed E-state index contributed by atoms with van der Waals surface area (Å²) in [6.45, 7) is 14.6. The SMILES string of the molecule is C=CC(=O)N1CC2(CCN(c3nc(N4CC(N5CCC5)C4)nc4c(OCC(F)(F)F)c(-c5c(C)ccc6[nH]ncc56)c(C=C)cc34)CC2)C1. The average molecular weight is 673 g/mol. The van der Waals surface area contributed by atoms with Crippen molar-refractivity contribution in [2.75, 3.05) is 68.8 Å². The van der Waals surface area contributed by atoms with Gasteiger partial charge in [0.2, 0.25) is 11.9 Å². The summed E-state index contributed by atoms with van der Waals surface area (Å²) in [6.07, 6.45) is 3.04. The van der Waals surface area contributed by atoms with Gasteiger partial charge in [0.25, 0.3) is 0 Å². The van der Waals surface area contributed by atoms with Crippen LogP contribution in [0.5, 0.6) is 5.75 Å². The van der Waals surface area contributed by atoms with E-state index in [9.17, 15) is 18.0 Å². The molecule has 1 amide bonds. The molecule has 4 fully saturated rings. The van der Waals surface area contributed by atoms with E-state index in [-0.39, 0.29) is 17.1 Å². The van der Waals surface area contributed by atoms with Crippen molar-refractivity contribution in [3.8, 4) is 16.9 Å². The second-order valence-electron chi connectivity index (χ2n) is 13.9. The van der Waals surface area contributed by atoms with Crippen LogP contribution in [0.15, 0.2) is 43.6 Å². The van der Waals surface area contributed by atoms with Crippen LogP contribution in [0.25, 0.3) is 39.0 Å². The van der Waals surface area contributed by atoms with Gasteiger partial charge in [0.15, 0.2) is 12.4 Å². The molecule has 4 aromatic rings. The van der Waals surface area contributed by atoms with Crippen LogP contribution in [0, 0.1) is 12.3 Å². The highest BCUT2D eigenvalue weighted by atomic mass is 19.4. The lowest BCUT2D eigenvalue weighted by atomic mass is 9.72. The molecular formula is C36H39F3N8O2. The second kappa shape index (κ2) is 11.7. The van der Waals surface area contributed by atoms with Crippen LogP contribution in [0.2, 0.25) is 0 Å². The summed E-state index contributed by atoms with van der Waals surface area (Å²) in [5.41, 5.74) is 3.82. The molecule has 13 heteroatoms. The van der Waals surface area contributed by atoms with Gasteiger partial charge in [0.05, 0.1) is 11.7 Å². The zero-order valence-corrected chi connectivity index (χ0v) is 27.5. The number of aryl methyl sites for hydroxylation is 1. The number of alkyl halides is 3. The normalized spacial score (nSPS) is 19.6. The van der Waals surface area contributed by atoms with Crippen molar-refractivity contribution >= 4 is 45.6 Å². The van der Waals surface area contributed by atoms with E-state index >= 15 is 0 Å². The third-order valence-corrected chi connectivity index (χ3v) is 10.8. The molecule has 49 heavy (non-hydrogen) atoms. The Kier molecular flexibility index (Phi) is 7.58. The maximum Gasteiger partial charge on any atom is 0.422 e. The minimum atomic E-state index is -4.57. The Hall–Kier alpha value is -4.65. The molecule has 4 aliphatic rings. The van der Waals surface area contributed by atoms with Crippen molar-refractivity contribution < 1.29 is 22.7 Å². The smallest absolute Gasteiger partial charge is 0.422 e. The van der Waals surface area contributed by atoms with Gasteiger partial charge in [-0.15, -0.1) is 0 Å². The van der Waals surface area contributed by atoms with Gasteiger partial charge in [0.1, 0.15) is 11.3 Å². The summed E-state index contributed by atoms with van der Waals surface area (Å²) in [6, 6.07) is 6.17. The Labute approximate surface area is 282 Å². The molecule has 1 spiro atoms. The van der Waals surface area contributed by atoms with Crippen molar-refractivity contribution in [2.45, 2.75) is 38.4 Å². The number of aromatic nitrogens is 4. The first-order chi connectivity index (χ1) is 23.6. The first-order valence-corrected chi connectivity index (χ1v) is 16.9. The van der Waals surface area contributed by atoms with Gasteiger partial charge >= 0.3 is 6.18 Å². The number of hydrogen-bond acceptors (Lipinski definition) is 8. The minimum absolute atomic E-state index is 0.0456. The van der Waals surface area contributed by atoms with Gasteiger partial charge in [-0.2, -0.15) is 23.3 Å². The molecule has 2 aromatic heterocycles. The Morgan fingerprint density at radius 3 is 2.47 bits per heavy atom. The topological polar surface area (TPSA) is 93.7 Å². The highest BCUT2D eigenvalue weighted by Crippen LogP contribution is 2.48. The van der Waals surface area contributed by atoms with Crippen LogP contribution in [0.1, 0.15) is 30.4 Å². The number of amides is 1. The van der Waals surface area contributed by atoms with E-state index in [0.29, 0.717) is 71.6 Å². The number of likely N-dealkylation sites (tertiary alicyclic amines) is 2. The maximum absolute atomic E-state index is 13.9. The molecular weight excluding hydrogens is 633 g/mol. The summed E-state index contributed by atoms with van der Waals surface area (Å²) in [4.78, 5) is 30.9. The predicted molar refractivity (Wildman–Crippen MR) is 184 cm³/mol. The van der Waals surface area contributed by atoms with E-state index in [1.807, 2.05) is 30.0 Å². The van der Waals surface area contributed by atoms with Crippen LogP contribution in [0.3, 0.4) is 0 Å². The number of nitrogens with one attached hydrogen (secondary N) is 1. The molecule has 0 unspecified atom stereocenters. The molecule has 256 valence electrons. The molecule has 8 rings (SSSR count). The highest BCUT2D eigenvalue weighted by molar-refractivity contribution is 6.07. The summed E-state index contributed by atoms with van der Waals surface area (Å²) >= 11 is 0. The number of fused-ring (bicyclic) bond motifs is 2. The van der Waals surface area contributed by atoms with E-state index in [1.165, 1.54) is 12.5 Å². The highest BCUT2D eigenvalue weighted by Gasteiger charge is 2.47. The number of hydrogen-bond donors (Lipinski definition) is 1. The second-order valence-corrected chi connectivity index (χ2v) is 13.9. The third-order valence-electron chi connectivity index (χ3n) is 10.8. The molecule has 0 aliphatic carbocycles. The summed E-state index contributed by atoms with van der Waals surface area (Å²) in [5, 5.41) is 8.59.